The minimum absolute atomic E-state index is 0.308. The van der Waals surface area contributed by atoms with E-state index in [9.17, 15) is 4.79 Å². The van der Waals surface area contributed by atoms with E-state index in [0.29, 0.717) is 24.0 Å². The van der Waals surface area contributed by atoms with Gasteiger partial charge in [0.05, 0.1) is 32.8 Å². The molecule has 2 N–H and O–H groups in total. The molecule has 0 radical (unpaired) electrons. The summed E-state index contributed by atoms with van der Waals surface area (Å²) in [6.45, 7) is 5.64. The van der Waals surface area contributed by atoms with Gasteiger partial charge in [-0.2, -0.15) is 0 Å². The summed E-state index contributed by atoms with van der Waals surface area (Å²) in [5, 5.41) is 11.9. The molecule has 2 aliphatic rings. The van der Waals surface area contributed by atoms with Crippen LogP contribution in [0.2, 0.25) is 0 Å². The molecule has 35 heavy (non-hydrogen) atoms. The lowest BCUT2D eigenvalue weighted by atomic mass is 10.0. The van der Waals surface area contributed by atoms with Crippen molar-refractivity contribution in [1.82, 2.24) is 9.99 Å². The van der Waals surface area contributed by atoms with Gasteiger partial charge in [-0.25, -0.2) is 4.79 Å². The van der Waals surface area contributed by atoms with E-state index in [4.69, 9.17) is 4.74 Å². The number of hydrogen-bond acceptors (Lipinski definition) is 4. The number of aromatic nitrogens is 1. The molecule has 0 spiro atoms. The summed E-state index contributed by atoms with van der Waals surface area (Å²) in [5.41, 5.74) is 7.26. The number of hydrogen-bond donors (Lipinski definition) is 2. The topological polar surface area (TPSA) is 74.5 Å². The largest absolute Gasteiger partial charge is 0.461 e. The molecule has 176 valence electrons. The molecule has 4 aromatic rings. The Bertz CT molecular complexity index is 1370. The summed E-state index contributed by atoms with van der Waals surface area (Å²) in [6.07, 6.45) is 0. The highest BCUT2D eigenvalue weighted by Gasteiger charge is 2.37. The lowest BCUT2D eigenvalue weighted by Gasteiger charge is -2.34. The first-order chi connectivity index (χ1) is 17.2. The maximum atomic E-state index is 12.5. The standard InChI is InChI=1S/C28H27N5O2/c1-2-35-28(34)26-25(23-13-7-8-14-24(23)29-26)30-31-33-17-15-32(16-18-33)27-21-11-5-3-9-19(21)20-10-4-6-12-22(20)27/h3-14,27,29H,2,15-18H2,1H3/p+1. The van der Waals surface area contributed by atoms with Gasteiger partial charge in [0.2, 0.25) is 0 Å². The van der Waals surface area contributed by atoms with Gasteiger partial charge in [-0.05, 0) is 24.1 Å². The minimum atomic E-state index is -0.412. The van der Waals surface area contributed by atoms with Crippen molar-refractivity contribution in [2.45, 2.75) is 13.0 Å². The summed E-state index contributed by atoms with van der Waals surface area (Å²) in [4.78, 5) is 17.2. The summed E-state index contributed by atoms with van der Waals surface area (Å²) < 4.78 is 5.23. The van der Waals surface area contributed by atoms with Crippen LogP contribution >= 0.6 is 0 Å². The van der Waals surface area contributed by atoms with Crippen molar-refractivity contribution < 1.29 is 14.4 Å². The number of fused-ring (bicyclic) bond motifs is 4. The Morgan fingerprint density at radius 2 is 1.60 bits per heavy atom. The molecule has 0 atom stereocenters. The second kappa shape index (κ2) is 9.00. The van der Waals surface area contributed by atoms with E-state index in [1.807, 2.05) is 29.3 Å². The van der Waals surface area contributed by atoms with Crippen molar-refractivity contribution in [3.05, 3.63) is 89.6 Å². The summed E-state index contributed by atoms with van der Waals surface area (Å²) in [6, 6.07) is 25.6. The lowest BCUT2D eigenvalue weighted by molar-refractivity contribution is -0.929. The van der Waals surface area contributed by atoms with E-state index < -0.39 is 5.97 Å². The zero-order chi connectivity index (χ0) is 23.8. The molecule has 1 fully saturated rings. The van der Waals surface area contributed by atoms with Crippen LogP contribution in [0.25, 0.3) is 22.0 Å². The van der Waals surface area contributed by atoms with Crippen LogP contribution in [0.5, 0.6) is 0 Å². The zero-order valence-electron chi connectivity index (χ0n) is 19.7. The first kappa shape index (κ1) is 21.6. The van der Waals surface area contributed by atoms with Crippen molar-refractivity contribution >= 4 is 22.6 Å². The molecular weight excluding hydrogens is 438 g/mol. The van der Waals surface area contributed by atoms with Crippen LogP contribution in [0.3, 0.4) is 0 Å². The number of carbonyl (C=O) groups is 1. The van der Waals surface area contributed by atoms with E-state index >= 15 is 0 Å². The molecule has 1 saturated heterocycles. The number of para-hydroxylation sites is 1. The molecule has 0 unspecified atom stereocenters. The molecule has 1 aliphatic carbocycles. The Morgan fingerprint density at radius 1 is 0.971 bits per heavy atom. The second-order valence-corrected chi connectivity index (χ2v) is 9.02. The van der Waals surface area contributed by atoms with Crippen LogP contribution in [-0.2, 0) is 4.74 Å². The number of aromatic amines is 1. The van der Waals surface area contributed by atoms with Crippen LogP contribution in [0.1, 0.15) is 34.6 Å². The van der Waals surface area contributed by atoms with Crippen molar-refractivity contribution in [2.75, 3.05) is 32.8 Å². The fourth-order valence-corrected chi connectivity index (χ4v) is 5.45. The highest BCUT2D eigenvalue weighted by Crippen LogP contribution is 2.41. The smallest absolute Gasteiger partial charge is 0.357 e. The molecule has 3 aromatic carbocycles. The summed E-state index contributed by atoms with van der Waals surface area (Å²) in [5.74, 6) is -0.412. The third kappa shape index (κ3) is 3.78. The van der Waals surface area contributed by atoms with Gasteiger partial charge in [-0.3, -0.25) is 5.01 Å². The van der Waals surface area contributed by atoms with Gasteiger partial charge in [0.1, 0.15) is 11.7 Å². The van der Waals surface area contributed by atoms with Crippen molar-refractivity contribution in [1.29, 1.82) is 0 Å². The Hall–Kier alpha value is -3.97. The molecule has 0 amide bonds. The van der Waals surface area contributed by atoms with Crippen LogP contribution < -0.4 is 4.90 Å². The predicted octanol–water partition coefficient (Wildman–Crippen LogP) is 4.31. The second-order valence-electron chi connectivity index (χ2n) is 9.02. The SMILES string of the molecule is CCOC(=O)c1[nH]c2ccccc2c1N=NN1CC[NH+](C2c3ccccc3-c3ccccc32)CC1. The summed E-state index contributed by atoms with van der Waals surface area (Å²) >= 11 is 0. The average Bonchev–Trinajstić information content (AvgIpc) is 3.44. The number of nitrogens with zero attached hydrogens (tertiary/aromatic N) is 3. The molecule has 1 aromatic heterocycles. The third-order valence-electron chi connectivity index (χ3n) is 7.05. The highest BCUT2D eigenvalue weighted by atomic mass is 16.5. The number of esters is 1. The van der Waals surface area contributed by atoms with Gasteiger partial charge in [0, 0.05) is 22.0 Å². The number of piperazine rings is 1. The Labute approximate surface area is 204 Å². The fraction of sp³-hybridized carbons (Fsp3) is 0.250. The molecule has 0 bridgehead atoms. The average molecular weight is 467 g/mol. The maximum absolute atomic E-state index is 12.5. The molecule has 0 saturated carbocycles. The third-order valence-corrected chi connectivity index (χ3v) is 7.05. The van der Waals surface area contributed by atoms with Gasteiger partial charge in [-0.15, -0.1) is 5.11 Å². The van der Waals surface area contributed by atoms with Gasteiger partial charge in [-0.1, -0.05) is 72.0 Å². The molecule has 7 nitrogen and oxygen atoms in total. The van der Waals surface area contributed by atoms with E-state index in [1.54, 1.807) is 11.8 Å². The van der Waals surface area contributed by atoms with Crippen LogP contribution in [0, 0.1) is 0 Å². The van der Waals surface area contributed by atoms with Gasteiger partial charge in [0.15, 0.2) is 5.69 Å². The van der Waals surface area contributed by atoms with Gasteiger partial charge in [0.25, 0.3) is 0 Å². The Morgan fingerprint density at radius 3 is 2.29 bits per heavy atom. The number of rotatable bonds is 5. The van der Waals surface area contributed by atoms with E-state index in [2.05, 4.69) is 63.9 Å². The number of ether oxygens (including phenoxy) is 1. The zero-order valence-corrected chi connectivity index (χ0v) is 19.7. The fourth-order valence-electron chi connectivity index (χ4n) is 5.45. The maximum Gasteiger partial charge on any atom is 0.357 e. The van der Waals surface area contributed by atoms with E-state index in [0.717, 1.165) is 37.1 Å². The Balaban J connectivity index is 1.22. The van der Waals surface area contributed by atoms with Crippen LogP contribution in [-0.4, -0.2) is 48.7 Å². The predicted molar refractivity (Wildman–Crippen MR) is 135 cm³/mol. The number of benzene rings is 3. The normalized spacial score (nSPS) is 16.1. The number of carbonyl (C=O) groups excluding carboxylic acids is 1. The number of H-pyrrole nitrogens is 1. The van der Waals surface area contributed by atoms with E-state index in [1.165, 1.54) is 22.3 Å². The van der Waals surface area contributed by atoms with Crippen LogP contribution in [0.4, 0.5) is 5.69 Å². The monoisotopic (exact) mass is 466 g/mol. The van der Waals surface area contributed by atoms with Crippen LogP contribution in [0.15, 0.2) is 83.1 Å². The van der Waals surface area contributed by atoms with Crippen molar-refractivity contribution in [3.8, 4) is 11.1 Å². The minimum Gasteiger partial charge on any atom is -0.461 e. The lowest BCUT2D eigenvalue weighted by Crippen LogP contribution is -3.14. The highest BCUT2D eigenvalue weighted by molar-refractivity contribution is 6.04. The number of quaternary nitrogens is 1. The Kier molecular flexibility index (Phi) is 5.54. The molecule has 7 heteroatoms. The molecule has 1 aliphatic heterocycles. The molecule has 6 rings (SSSR count). The van der Waals surface area contributed by atoms with Crippen molar-refractivity contribution in [2.24, 2.45) is 10.3 Å². The van der Waals surface area contributed by atoms with Gasteiger partial charge < -0.3 is 14.6 Å². The first-order valence-electron chi connectivity index (χ1n) is 12.2. The van der Waals surface area contributed by atoms with Gasteiger partial charge >= 0.3 is 5.97 Å². The first-order valence-corrected chi connectivity index (χ1v) is 12.2. The quantitative estimate of drug-likeness (QED) is 0.340. The molecular formula is C28H28N5O2+. The summed E-state index contributed by atoms with van der Waals surface area (Å²) in [7, 11) is 0. The van der Waals surface area contributed by atoms with Crippen molar-refractivity contribution in [3.63, 3.8) is 0 Å². The number of nitrogens with one attached hydrogen (secondary N) is 2. The van der Waals surface area contributed by atoms with E-state index in [-0.39, 0.29) is 0 Å². The molecule has 2 heterocycles.